The molecule has 6 nitrogen and oxygen atoms in total. The quantitative estimate of drug-likeness (QED) is 0.819. The second-order valence-corrected chi connectivity index (χ2v) is 8.26. The van der Waals surface area contributed by atoms with Gasteiger partial charge in [0.15, 0.2) is 0 Å². The van der Waals surface area contributed by atoms with Gasteiger partial charge in [-0.3, -0.25) is 4.79 Å². The highest BCUT2D eigenvalue weighted by molar-refractivity contribution is 7.89. The summed E-state index contributed by atoms with van der Waals surface area (Å²) in [6, 6.07) is 12.0. The molecule has 1 N–H and O–H groups in total. The van der Waals surface area contributed by atoms with Gasteiger partial charge in [0, 0.05) is 32.3 Å². The van der Waals surface area contributed by atoms with Crippen LogP contribution < -0.4 is 10.1 Å². The fourth-order valence-electron chi connectivity index (χ4n) is 2.61. The molecule has 7 heteroatoms. The van der Waals surface area contributed by atoms with Crippen molar-refractivity contribution in [2.24, 2.45) is 0 Å². The highest BCUT2D eigenvalue weighted by Crippen LogP contribution is 2.26. The van der Waals surface area contributed by atoms with E-state index in [0.717, 1.165) is 27.6 Å². The van der Waals surface area contributed by atoms with E-state index in [2.05, 4.69) is 5.32 Å². The molecule has 0 saturated carbocycles. The summed E-state index contributed by atoms with van der Waals surface area (Å²) in [6.45, 7) is 0.690. The molecule has 0 aromatic heterocycles. The molecule has 1 aliphatic heterocycles. The van der Waals surface area contributed by atoms with Crippen LogP contribution in [0.2, 0.25) is 0 Å². The number of sulfonamides is 1. The lowest BCUT2D eigenvalue weighted by molar-refractivity contribution is -0.111. The van der Waals surface area contributed by atoms with Crippen LogP contribution in [-0.4, -0.2) is 39.3 Å². The van der Waals surface area contributed by atoms with Gasteiger partial charge in [0.05, 0.1) is 11.5 Å². The van der Waals surface area contributed by atoms with Gasteiger partial charge in [-0.15, -0.1) is 0 Å². The zero-order valence-corrected chi connectivity index (χ0v) is 15.4. The molecule has 26 heavy (non-hydrogen) atoms. The van der Waals surface area contributed by atoms with Crippen LogP contribution in [-0.2, 0) is 21.2 Å². The lowest BCUT2D eigenvalue weighted by Gasteiger charge is -2.12. The second-order valence-electron chi connectivity index (χ2n) is 6.10. The Hall–Kier alpha value is -2.64. The number of nitrogens with zero attached hydrogens (tertiary/aromatic N) is 1. The van der Waals surface area contributed by atoms with Gasteiger partial charge in [-0.1, -0.05) is 12.1 Å². The summed E-state index contributed by atoms with van der Waals surface area (Å²) in [5.41, 5.74) is 2.47. The SMILES string of the molecule is CN(C)S(=O)(=O)c1cccc(NC(=O)/C=C/c2ccc3c(c2)CCO3)c1. The molecule has 0 unspecified atom stereocenters. The Kier molecular flexibility index (Phi) is 5.11. The Labute approximate surface area is 153 Å². The van der Waals surface area contributed by atoms with E-state index in [4.69, 9.17) is 4.74 Å². The number of benzene rings is 2. The zero-order chi connectivity index (χ0) is 18.7. The van der Waals surface area contributed by atoms with E-state index in [-0.39, 0.29) is 10.8 Å². The molecule has 0 fully saturated rings. The third-order valence-corrected chi connectivity index (χ3v) is 5.83. The number of nitrogens with one attached hydrogen (secondary N) is 1. The topological polar surface area (TPSA) is 75.7 Å². The molecule has 0 bridgehead atoms. The predicted molar refractivity (Wildman–Crippen MR) is 101 cm³/mol. The normalized spacial score (nSPS) is 13.7. The van der Waals surface area contributed by atoms with Crippen LogP contribution in [0.25, 0.3) is 6.08 Å². The van der Waals surface area contributed by atoms with Crippen LogP contribution in [0.1, 0.15) is 11.1 Å². The largest absolute Gasteiger partial charge is 0.493 e. The highest BCUT2D eigenvalue weighted by atomic mass is 32.2. The number of carbonyl (C=O) groups excluding carboxylic acids is 1. The first-order valence-corrected chi connectivity index (χ1v) is 9.58. The van der Waals surface area contributed by atoms with Crippen LogP contribution >= 0.6 is 0 Å². The number of amides is 1. The van der Waals surface area contributed by atoms with Crippen molar-refractivity contribution in [2.75, 3.05) is 26.0 Å². The van der Waals surface area contributed by atoms with Gasteiger partial charge in [-0.25, -0.2) is 12.7 Å². The lowest BCUT2D eigenvalue weighted by atomic mass is 10.1. The monoisotopic (exact) mass is 372 g/mol. The molecular weight excluding hydrogens is 352 g/mol. The number of hydrogen-bond donors (Lipinski definition) is 1. The fraction of sp³-hybridized carbons (Fsp3) is 0.211. The molecule has 0 radical (unpaired) electrons. The molecular formula is C19H20N2O4S. The summed E-state index contributed by atoms with van der Waals surface area (Å²) in [6.07, 6.45) is 4.01. The molecule has 2 aromatic carbocycles. The van der Waals surface area contributed by atoms with Crippen LogP contribution in [0.4, 0.5) is 5.69 Å². The summed E-state index contributed by atoms with van der Waals surface area (Å²) >= 11 is 0. The Morgan fingerprint density at radius 1 is 1.19 bits per heavy atom. The first-order chi connectivity index (χ1) is 12.4. The third-order valence-electron chi connectivity index (χ3n) is 4.02. The van der Waals surface area contributed by atoms with Crippen LogP contribution in [0.5, 0.6) is 5.75 Å². The number of fused-ring (bicyclic) bond motifs is 1. The minimum Gasteiger partial charge on any atom is -0.493 e. The van der Waals surface area contributed by atoms with E-state index in [1.165, 1.54) is 32.3 Å². The second kappa shape index (κ2) is 7.31. The van der Waals surface area contributed by atoms with E-state index in [0.29, 0.717) is 12.3 Å². The van der Waals surface area contributed by atoms with Crippen molar-refractivity contribution in [2.45, 2.75) is 11.3 Å². The summed E-state index contributed by atoms with van der Waals surface area (Å²) in [4.78, 5) is 12.3. The Morgan fingerprint density at radius 3 is 2.77 bits per heavy atom. The third kappa shape index (κ3) is 3.95. The number of ether oxygens (including phenoxy) is 1. The maximum Gasteiger partial charge on any atom is 0.248 e. The Bertz CT molecular complexity index is 965. The average molecular weight is 372 g/mol. The number of carbonyl (C=O) groups is 1. The average Bonchev–Trinajstić information content (AvgIpc) is 3.08. The molecule has 136 valence electrons. The van der Waals surface area contributed by atoms with E-state index in [1.807, 2.05) is 18.2 Å². The van der Waals surface area contributed by atoms with Crippen molar-refractivity contribution in [3.8, 4) is 5.75 Å². The van der Waals surface area contributed by atoms with Crippen molar-refractivity contribution in [1.82, 2.24) is 4.31 Å². The van der Waals surface area contributed by atoms with Gasteiger partial charge in [0.2, 0.25) is 15.9 Å². The maximum atomic E-state index is 12.2. The summed E-state index contributed by atoms with van der Waals surface area (Å²) < 4.78 is 30.9. The lowest BCUT2D eigenvalue weighted by Crippen LogP contribution is -2.22. The standard InChI is InChI=1S/C19H20N2O4S/c1-21(2)26(23,24)17-5-3-4-16(13-17)20-19(22)9-7-14-6-8-18-15(12-14)10-11-25-18/h3-9,12-13H,10-11H2,1-2H3,(H,20,22)/b9-7+. The van der Waals surface area contributed by atoms with Crippen LogP contribution in [0.3, 0.4) is 0 Å². The van der Waals surface area contributed by atoms with Gasteiger partial charge < -0.3 is 10.1 Å². The van der Waals surface area contributed by atoms with E-state index < -0.39 is 10.0 Å². The number of anilines is 1. The van der Waals surface area contributed by atoms with Gasteiger partial charge in [0.25, 0.3) is 0 Å². The molecule has 2 aromatic rings. The molecule has 3 rings (SSSR count). The van der Waals surface area contributed by atoms with E-state index in [1.54, 1.807) is 18.2 Å². The van der Waals surface area contributed by atoms with Gasteiger partial charge in [0.1, 0.15) is 5.75 Å². The van der Waals surface area contributed by atoms with Gasteiger partial charge in [-0.05, 0) is 47.5 Å². The summed E-state index contributed by atoms with van der Waals surface area (Å²) in [5.74, 6) is 0.562. The van der Waals surface area contributed by atoms with Crippen molar-refractivity contribution >= 4 is 27.7 Å². The summed E-state index contributed by atoms with van der Waals surface area (Å²) in [7, 11) is -0.618. The molecule has 0 atom stereocenters. The fourth-order valence-corrected chi connectivity index (χ4v) is 3.56. The van der Waals surface area contributed by atoms with Crippen molar-refractivity contribution in [3.05, 3.63) is 59.7 Å². The van der Waals surface area contributed by atoms with Crippen LogP contribution in [0, 0.1) is 0 Å². The summed E-state index contributed by atoms with van der Waals surface area (Å²) in [5, 5.41) is 2.68. The molecule has 0 aliphatic carbocycles. The van der Waals surface area contributed by atoms with Gasteiger partial charge in [-0.2, -0.15) is 0 Å². The molecule has 1 heterocycles. The minimum atomic E-state index is -3.54. The number of hydrogen-bond acceptors (Lipinski definition) is 4. The predicted octanol–water partition coefficient (Wildman–Crippen LogP) is 2.52. The highest BCUT2D eigenvalue weighted by Gasteiger charge is 2.17. The molecule has 1 amide bonds. The van der Waals surface area contributed by atoms with Crippen LogP contribution in [0.15, 0.2) is 53.4 Å². The minimum absolute atomic E-state index is 0.128. The van der Waals surface area contributed by atoms with Crippen molar-refractivity contribution < 1.29 is 17.9 Å². The smallest absolute Gasteiger partial charge is 0.248 e. The van der Waals surface area contributed by atoms with E-state index in [9.17, 15) is 13.2 Å². The molecule has 0 spiro atoms. The van der Waals surface area contributed by atoms with Gasteiger partial charge >= 0.3 is 0 Å². The van der Waals surface area contributed by atoms with E-state index >= 15 is 0 Å². The molecule has 1 aliphatic rings. The zero-order valence-electron chi connectivity index (χ0n) is 14.6. The van der Waals surface area contributed by atoms with Crippen molar-refractivity contribution in [3.63, 3.8) is 0 Å². The number of rotatable bonds is 5. The first-order valence-electron chi connectivity index (χ1n) is 8.14. The maximum absolute atomic E-state index is 12.2. The Morgan fingerprint density at radius 2 is 2.00 bits per heavy atom. The first kappa shape index (κ1) is 18.2. The molecule has 0 saturated heterocycles. The Balaban J connectivity index is 1.70. The van der Waals surface area contributed by atoms with Crippen molar-refractivity contribution in [1.29, 1.82) is 0 Å².